The molecule has 2 atom stereocenters. The summed E-state index contributed by atoms with van der Waals surface area (Å²) in [6.07, 6.45) is -3.77. The summed E-state index contributed by atoms with van der Waals surface area (Å²) in [6, 6.07) is 3.14. The fraction of sp³-hybridized carbons (Fsp3) is 0.545. The number of hydrogen-bond acceptors (Lipinski definition) is 8. The molecule has 0 bridgehead atoms. The van der Waals surface area contributed by atoms with E-state index >= 15 is 0 Å². The molecule has 1 aliphatic heterocycles. The Bertz CT molecular complexity index is 1010. The van der Waals surface area contributed by atoms with Gasteiger partial charge in [0, 0.05) is 44.7 Å². The van der Waals surface area contributed by atoms with E-state index in [1.807, 2.05) is 13.8 Å². The Hall–Kier alpha value is -3.22. The first-order valence-electron chi connectivity index (χ1n) is 11.2. The fourth-order valence-electron chi connectivity index (χ4n) is 3.58. The van der Waals surface area contributed by atoms with Gasteiger partial charge < -0.3 is 25.6 Å². The van der Waals surface area contributed by atoms with E-state index in [1.165, 1.54) is 19.5 Å². The summed E-state index contributed by atoms with van der Waals surface area (Å²) in [6.45, 7) is 3.84. The Morgan fingerprint density at radius 2 is 2.06 bits per heavy atom. The summed E-state index contributed by atoms with van der Waals surface area (Å²) in [5.41, 5.74) is 0.517. The average Bonchev–Trinajstić information content (AvgIpc) is 2.78. The van der Waals surface area contributed by atoms with Gasteiger partial charge >= 0.3 is 6.18 Å². The zero-order valence-electron chi connectivity index (χ0n) is 19.7. The van der Waals surface area contributed by atoms with Crippen molar-refractivity contribution in [1.29, 1.82) is 0 Å². The van der Waals surface area contributed by atoms with Crippen molar-refractivity contribution in [3.05, 3.63) is 30.1 Å². The highest BCUT2D eigenvalue weighted by molar-refractivity contribution is 5.99. The van der Waals surface area contributed by atoms with Crippen molar-refractivity contribution in [2.75, 3.05) is 42.3 Å². The molecule has 3 heterocycles. The number of nitrogens with one attached hydrogen (secondary N) is 3. The van der Waals surface area contributed by atoms with E-state index in [0.717, 1.165) is 0 Å². The third kappa shape index (κ3) is 7.64. The molecule has 0 aromatic carbocycles. The molecule has 1 amide bonds. The third-order valence-electron chi connectivity index (χ3n) is 5.25. The maximum absolute atomic E-state index is 14.3. The molecule has 35 heavy (non-hydrogen) atoms. The van der Waals surface area contributed by atoms with Crippen LogP contribution >= 0.6 is 0 Å². The minimum atomic E-state index is -4.36. The van der Waals surface area contributed by atoms with Crippen LogP contribution in [-0.4, -0.2) is 72.1 Å². The van der Waals surface area contributed by atoms with Gasteiger partial charge in [-0.2, -0.15) is 18.2 Å². The Morgan fingerprint density at radius 3 is 2.71 bits per heavy atom. The van der Waals surface area contributed by atoms with Gasteiger partial charge in [-0.3, -0.25) is 4.79 Å². The molecule has 2 aromatic rings. The Kier molecular flexibility index (Phi) is 8.65. The lowest BCUT2D eigenvalue weighted by Gasteiger charge is -2.33. The van der Waals surface area contributed by atoms with E-state index in [4.69, 9.17) is 4.74 Å². The molecule has 0 spiro atoms. The molecule has 192 valence electrons. The lowest BCUT2D eigenvalue weighted by Crippen LogP contribution is -2.46. The zero-order valence-corrected chi connectivity index (χ0v) is 19.7. The molecule has 0 saturated carbocycles. The van der Waals surface area contributed by atoms with Gasteiger partial charge in [0.2, 0.25) is 5.95 Å². The number of ether oxygens (including phenoxy) is 1. The summed E-state index contributed by atoms with van der Waals surface area (Å²) in [5, 5.41) is 8.40. The average molecular weight is 500 g/mol. The quantitative estimate of drug-likeness (QED) is 0.449. The van der Waals surface area contributed by atoms with E-state index in [2.05, 4.69) is 30.9 Å². The second-order valence-corrected chi connectivity index (χ2v) is 8.43. The second kappa shape index (κ2) is 11.5. The van der Waals surface area contributed by atoms with Crippen LogP contribution in [0.25, 0.3) is 0 Å². The molecule has 13 heteroatoms. The molecular weight excluding hydrogens is 470 g/mol. The molecule has 1 aliphatic rings. The number of hydrogen-bond donors (Lipinski definition) is 3. The van der Waals surface area contributed by atoms with Crippen LogP contribution in [0.5, 0.6) is 0 Å². The van der Waals surface area contributed by atoms with Crippen molar-refractivity contribution in [3.8, 4) is 0 Å². The second-order valence-electron chi connectivity index (χ2n) is 8.43. The molecule has 1 saturated heterocycles. The largest absolute Gasteiger partial charge is 0.390 e. The molecule has 2 aromatic heterocycles. The molecule has 0 unspecified atom stereocenters. The minimum absolute atomic E-state index is 0.0543. The maximum atomic E-state index is 14.3. The number of piperidine rings is 1. The van der Waals surface area contributed by atoms with Gasteiger partial charge in [0.15, 0.2) is 0 Å². The van der Waals surface area contributed by atoms with E-state index < -0.39 is 37.3 Å². The summed E-state index contributed by atoms with van der Waals surface area (Å²) in [5.74, 6) is 0.449. The zero-order chi connectivity index (χ0) is 25.6. The van der Waals surface area contributed by atoms with Crippen LogP contribution in [-0.2, 0) is 4.74 Å². The number of methoxy groups -OCH3 is 1. The van der Waals surface area contributed by atoms with Crippen LogP contribution in [0.4, 0.5) is 40.8 Å². The van der Waals surface area contributed by atoms with Gasteiger partial charge in [-0.1, -0.05) is 0 Å². The Balaban J connectivity index is 1.73. The summed E-state index contributed by atoms with van der Waals surface area (Å²) in [4.78, 5) is 27.1. The SMILES string of the molecule is CO[C@H]1CCN(c2nccc(Nc3cc(NC(C)C)c(C(=O)NCCC(F)(F)F)cn3)n2)C[C@H]1F. The van der Waals surface area contributed by atoms with E-state index in [1.54, 1.807) is 17.0 Å². The standard InChI is InChI=1S/C22H29F4N7O2/c1-13(2)30-16-10-19(29-11-14(16)20(34)27-8-6-22(24,25)26)31-18-4-7-28-21(32-18)33-9-5-17(35-3)15(23)12-33/h4,7,10-11,13,15,17H,5-6,8-9,12H2,1-3H3,(H,27,34)(H2,28,29,30,31,32)/t15-,17+/m1/s1. The highest BCUT2D eigenvalue weighted by Gasteiger charge is 2.30. The lowest BCUT2D eigenvalue weighted by molar-refractivity contribution is -0.132. The fourth-order valence-corrected chi connectivity index (χ4v) is 3.58. The van der Waals surface area contributed by atoms with Gasteiger partial charge in [-0.15, -0.1) is 0 Å². The smallest absolute Gasteiger partial charge is 0.382 e. The number of carbonyl (C=O) groups excluding carboxylic acids is 1. The number of nitrogens with zero attached hydrogens (tertiary/aromatic N) is 4. The monoisotopic (exact) mass is 499 g/mol. The lowest BCUT2D eigenvalue weighted by atomic mass is 10.1. The van der Waals surface area contributed by atoms with Crippen LogP contribution in [0.3, 0.4) is 0 Å². The highest BCUT2D eigenvalue weighted by atomic mass is 19.4. The molecule has 3 N–H and O–H groups in total. The number of aromatic nitrogens is 3. The van der Waals surface area contributed by atoms with E-state index in [9.17, 15) is 22.4 Å². The molecular formula is C22H29F4N7O2. The van der Waals surface area contributed by atoms with Crippen LogP contribution in [0, 0.1) is 0 Å². The maximum Gasteiger partial charge on any atom is 0.390 e. The third-order valence-corrected chi connectivity index (χ3v) is 5.25. The molecule has 9 nitrogen and oxygen atoms in total. The first-order valence-corrected chi connectivity index (χ1v) is 11.2. The van der Waals surface area contributed by atoms with Crippen molar-refractivity contribution >= 4 is 29.2 Å². The van der Waals surface area contributed by atoms with Gasteiger partial charge in [0.25, 0.3) is 5.91 Å². The number of carbonyl (C=O) groups is 1. The number of anilines is 4. The summed E-state index contributed by atoms with van der Waals surface area (Å²) < 4.78 is 56.6. The first-order chi connectivity index (χ1) is 16.6. The number of rotatable bonds is 9. The van der Waals surface area contributed by atoms with Crippen LogP contribution in [0.2, 0.25) is 0 Å². The van der Waals surface area contributed by atoms with Gasteiger partial charge in [0.05, 0.1) is 30.3 Å². The number of alkyl halides is 4. The number of pyridine rings is 1. The molecule has 0 aliphatic carbocycles. The molecule has 3 rings (SSSR count). The predicted molar refractivity (Wildman–Crippen MR) is 124 cm³/mol. The molecule has 1 fully saturated rings. The van der Waals surface area contributed by atoms with Gasteiger partial charge in [0.1, 0.15) is 17.8 Å². The van der Waals surface area contributed by atoms with Crippen molar-refractivity contribution < 1.29 is 27.1 Å². The Morgan fingerprint density at radius 1 is 1.29 bits per heavy atom. The summed E-state index contributed by atoms with van der Waals surface area (Å²) in [7, 11) is 1.49. The van der Waals surface area contributed by atoms with E-state index in [-0.39, 0.29) is 18.2 Å². The Labute approximate surface area is 200 Å². The first kappa shape index (κ1) is 26.4. The van der Waals surface area contributed by atoms with Crippen LogP contribution in [0.15, 0.2) is 24.5 Å². The van der Waals surface area contributed by atoms with Gasteiger partial charge in [-0.05, 0) is 26.3 Å². The van der Waals surface area contributed by atoms with Crippen molar-refractivity contribution in [2.45, 2.75) is 51.2 Å². The van der Waals surface area contributed by atoms with Crippen LogP contribution in [0.1, 0.15) is 37.0 Å². The van der Waals surface area contributed by atoms with Gasteiger partial charge in [-0.25, -0.2) is 14.4 Å². The van der Waals surface area contributed by atoms with Crippen LogP contribution < -0.4 is 20.9 Å². The normalized spacial score (nSPS) is 18.5. The summed E-state index contributed by atoms with van der Waals surface area (Å²) >= 11 is 0. The predicted octanol–water partition coefficient (Wildman–Crippen LogP) is 3.68. The van der Waals surface area contributed by atoms with Crippen molar-refractivity contribution in [3.63, 3.8) is 0 Å². The molecule has 0 radical (unpaired) electrons. The highest BCUT2D eigenvalue weighted by Crippen LogP contribution is 2.25. The van der Waals surface area contributed by atoms with Crippen molar-refractivity contribution in [2.24, 2.45) is 0 Å². The minimum Gasteiger partial charge on any atom is -0.382 e. The number of halogens is 4. The number of amides is 1. The van der Waals surface area contributed by atoms with Crippen molar-refractivity contribution in [1.82, 2.24) is 20.3 Å². The topological polar surface area (TPSA) is 104 Å². The van der Waals surface area contributed by atoms with E-state index in [0.29, 0.717) is 36.2 Å².